The lowest BCUT2D eigenvalue weighted by Crippen LogP contribution is -2.06. The molecule has 2 aromatic rings. The summed E-state index contributed by atoms with van der Waals surface area (Å²) in [5.74, 6) is 1.17. The van der Waals surface area contributed by atoms with Crippen LogP contribution in [0.15, 0.2) is 22.7 Å². The van der Waals surface area contributed by atoms with Crippen molar-refractivity contribution in [1.29, 1.82) is 0 Å². The zero-order valence-corrected chi connectivity index (χ0v) is 10.4. The third kappa shape index (κ3) is 1.74. The summed E-state index contributed by atoms with van der Waals surface area (Å²) in [6, 6.07) is 5.91. The van der Waals surface area contributed by atoms with E-state index in [0.29, 0.717) is 5.88 Å². The van der Waals surface area contributed by atoms with E-state index in [4.69, 9.17) is 15.0 Å². The Balaban J connectivity index is 2.21. The second-order valence-electron chi connectivity index (χ2n) is 4.60. The van der Waals surface area contributed by atoms with Crippen LogP contribution in [0.5, 0.6) is 5.75 Å². The van der Waals surface area contributed by atoms with E-state index in [0.717, 1.165) is 29.8 Å². The van der Waals surface area contributed by atoms with Gasteiger partial charge in [0.25, 0.3) is 0 Å². The number of hydrogen-bond acceptors (Lipinski definition) is 4. The van der Waals surface area contributed by atoms with Gasteiger partial charge in [0, 0.05) is 11.6 Å². The first-order valence-corrected chi connectivity index (χ1v) is 6.21. The number of nitrogens with two attached hydrogens (primary N) is 1. The Morgan fingerprint density at radius 2 is 2.11 bits per heavy atom. The zero-order chi connectivity index (χ0) is 12.5. The number of fused-ring (bicyclic) bond motifs is 1. The molecule has 4 nitrogen and oxygen atoms in total. The van der Waals surface area contributed by atoms with Gasteiger partial charge in [0.15, 0.2) is 0 Å². The highest BCUT2D eigenvalue weighted by Gasteiger charge is 2.20. The minimum Gasteiger partial charge on any atom is -0.496 e. The summed E-state index contributed by atoms with van der Waals surface area (Å²) in [6.07, 6.45) is 4.65. The number of ether oxygens (including phenoxy) is 1. The number of anilines is 1. The second kappa shape index (κ2) is 4.37. The normalized spacial score (nSPS) is 14.3. The van der Waals surface area contributed by atoms with E-state index in [1.54, 1.807) is 13.2 Å². The van der Waals surface area contributed by atoms with Crippen molar-refractivity contribution in [1.82, 2.24) is 5.16 Å². The van der Waals surface area contributed by atoms with E-state index in [-0.39, 0.29) is 0 Å². The zero-order valence-electron chi connectivity index (χ0n) is 10.4. The Labute approximate surface area is 106 Å². The fraction of sp³-hybridized carbons (Fsp3) is 0.357. The van der Waals surface area contributed by atoms with Crippen LogP contribution in [0.4, 0.5) is 5.88 Å². The molecule has 0 unspecified atom stereocenters. The lowest BCUT2D eigenvalue weighted by atomic mass is 9.87. The fourth-order valence-corrected chi connectivity index (χ4v) is 2.66. The topological polar surface area (TPSA) is 61.3 Å². The maximum atomic E-state index is 5.61. The van der Waals surface area contributed by atoms with E-state index >= 15 is 0 Å². The Kier molecular flexibility index (Phi) is 2.70. The van der Waals surface area contributed by atoms with Crippen LogP contribution in [0, 0.1) is 0 Å². The van der Waals surface area contributed by atoms with Crippen molar-refractivity contribution < 1.29 is 9.26 Å². The van der Waals surface area contributed by atoms with Gasteiger partial charge in [0.2, 0.25) is 5.88 Å². The molecule has 0 amide bonds. The SMILES string of the molecule is COc1ccc2c(c1-c1cc(N)on1)CCCC2. The minimum atomic E-state index is 0.334. The van der Waals surface area contributed by atoms with Crippen LogP contribution in [-0.2, 0) is 12.8 Å². The van der Waals surface area contributed by atoms with Crippen LogP contribution < -0.4 is 10.5 Å². The van der Waals surface area contributed by atoms with Crippen LogP contribution in [0.3, 0.4) is 0 Å². The number of rotatable bonds is 2. The highest BCUT2D eigenvalue weighted by atomic mass is 16.5. The fourth-order valence-electron chi connectivity index (χ4n) is 2.66. The molecular formula is C14H16N2O2. The monoisotopic (exact) mass is 244 g/mol. The summed E-state index contributed by atoms with van der Waals surface area (Å²) in [5, 5.41) is 4.02. The van der Waals surface area contributed by atoms with Gasteiger partial charge in [-0.2, -0.15) is 0 Å². The van der Waals surface area contributed by atoms with Gasteiger partial charge < -0.3 is 15.0 Å². The molecule has 0 radical (unpaired) electrons. The van der Waals surface area contributed by atoms with E-state index < -0.39 is 0 Å². The summed E-state index contributed by atoms with van der Waals surface area (Å²) >= 11 is 0. The summed E-state index contributed by atoms with van der Waals surface area (Å²) in [7, 11) is 1.68. The van der Waals surface area contributed by atoms with E-state index in [9.17, 15) is 0 Å². The molecule has 1 heterocycles. The lowest BCUT2D eigenvalue weighted by molar-refractivity contribution is 0.413. The number of nitrogens with zero attached hydrogens (tertiary/aromatic N) is 1. The molecule has 0 fully saturated rings. The quantitative estimate of drug-likeness (QED) is 0.882. The smallest absolute Gasteiger partial charge is 0.222 e. The number of methoxy groups -OCH3 is 1. The van der Waals surface area contributed by atoms with Crippen molar-refractivity contribution in [2.45, 2.75) is 25.7 Å². The molecule has 0 aliphatic heterocycles. The van der Waals surface area contributed by atoms with Gasteiger partial charge in [0.1, 0.15) is 11.4 Å². The maximum Gasteiger partial charge on any atom is 0.222 e. The van der Waals surface area contributed by atoms with Crippen molar-refractivity contribution >= 4 is 5.88 Å². The van der Waals surface area contributed by atoms with Crippen LogP contribution in [0.25, 0.3) is 11.3 Å². The van der Waals surface area contributed by atoms with E-state index in [1.165, 1.54) is 24.0 Å². The molecule has 0 atom stereocenters. The second-order valence-corrected chi connectivity index (χ2v) is 4.60. The molecule has 18 heavy (non-hydrogen) atoms. The molecule has 1 aliphatic carbocycles. The van der Waals surface area contributed by atoms with Crippen molar-refractivity contribution in [2.75, 3.05) is 12.8 Å². The first-order valence-electron chi connectivity index (χ1n) is 6.21. The lowest BCUT2D eigenvalue weighted by Gasteiger charge is -2.20. The van der Waals surface area contributed by atoms with Gasteiger partial charge >= 0.3 is 0 Å². The predicted molar refractivity (Wildman–Crippen MR) is 69.5 cm³/mol. The summed E-state index contributed by atoms with van der Waals surface area (Å²) < 4.78 is 10.4. The van der Waals surface area contributed by atoms with Crippen molar-refractivity contribution in [3.05, 3.63) is 29.3 Å². The number of aromatic nitrogens is 1. The number of aryl methyl sites for hydroxylation is 1. The number of hydrogen-bond donors (Lipinski definition) is 1. The van der Waals surface area contributed by atoms with Crippen LogP contribution in [-0.4, -0.2) is 12.3 Å². The summed E-state index contributed by atoms with van der Waals surface area (Å²) in [5.41, 5.74) is 10.1. The Bertz CT molecular complexity index is 575. The summed E-state index contributed by atoms with van der Waals surface area (Å²) in [4.78, 5) is 0. The standard InChI is InChI=1S/C14H16N2O2/c1-17-12-7-6-9-4-2-3-5-10(9)14(12)11-8-13(15)18-16-11/h6-8H,2-5,15H2,1H3. The average molecular weight is 244 g/mol. The molecule has 4 heteroatoms. The molecule has 1 aromatic heterocycles. The molecule has 1 aliphatic rings. The minimum absolute atomic E-state index is 0.334. The highest BCUT2D eigenvalue weighted by Crippen LogP contribution is 2.38. The third-order valence-corrected chi connectivity index (χ3v) is 3.50. The molecule has 0 bridgehead atoms. The Morgan fingerprint density at radius 3 is 2.83 bits per heavy atom. The molecule has 0 spiro atoms. The number of nitrogen functional groups attached to an aromatic ring is 1. The first-order chi connectivity index (χ1) is 8.79. The molecule has 0 saturated carbocycles. The van der Waals surface area contributed by atoms with E-state index in [1.807, 2.05) is 6.07 Å². The van der Waals surface area contributed by atoms with Gasteiger partial charge in [-0.3, -0.25) is 0 Å². The van der Waals surface area contributed by atoms with Gasteiger partial charge in [-0.15, -0.1) is 0 Å². The predicted octanol–water partition coefficient (Wildman–Crippen LogP) is 2.81. The van der Waals surface area contributed by atoms with Gasteiger partial charge in [-0.05, 0) is 42.9 Å². The van der Waals surface area contributed by atoms with Crippen LogP contribution >= 0.6 is 0 Å². The number of benzene rings is 1. The molecular weight excluding hydrogens is 228 g/mol. The molecule has 2 N–H and O–H groups in total. The molecule has 0 saturated heterocycles. The van der Waals surface area contributed by atoms with Crippen molar-refractivity contribution in [3.8, 4) is 17.0 Å². The average Bonchev–Trinajstić information content (AvgIpc) is 2.83. The highest BCUT2D eigenvalue weighted by molar-refractivity contribution is 5.74. The molecule has 94 valence electrons. The van der Waals surface area contributed by atoms with Gasteiger partial charge in [-0.1, -0.05) is 11.2 Å². The van der Waals surface area contributed by atoms with Crippen LogP contribution in [0.1, 0.15) is 24.0 Å². The molecule has 1 aromatic carbocycles. The van der Waals surface area contributed by atoms with E-state index in [2.05, 4.69) is 11.2 Å². The third-order valence-electron chi connectivity index (χ3n) is 3.50. The first kappa shape index (κ1) is 11.1. The van der Waals surface area contributed by atoms with Gasteiger partial charge in [0.05, 0.1) is 7.11 Å². The van der Waals surface area contributed by atoms with Crippen LogP contribution in [0.2, 0.25) is 0 Å². The molecule has 3 rings (SSSR count). The van der Waals surface area contributed by atoms with Crippen molar-refractivity contribution in [2.24, 2.45) is 0 Å². The van der Waals surface area contributed by atoms with Gasteiger partial charge in [-0.25, -0.2) is 0 Å². The Morgan fingerprint density at radius 1 is 1.28 bits per heavy atom. The van der Waals surface area contributed by atoms with Crippen molar-refractivity contribution in [3.63, 3.8) is 0 Å². The largest absolute Gasteiger partial charge is 0.496 e. The summed E-state index contributed by atoms with van der Waals surface area (Å²) in [6.45, 7) is 0. The Hall–Kier alpha value is -1.97. The maximum absolute atomic E-state index is 5.61.